The lowest BCUT2D eigenvalue weighted by molar-refractivity contribution is -0.122. The van der Waals surface area contributed by atoms with Crippen molar-refractivity contribution in [2.75, 3.05) is 5.32 Å². The van der Waals surface area contributed by atoms with Gasteiger partial charge in [-0.1, -0.05) is 0 Å². The Hall–Kier alpha value is -2.31. The van der Waals surface area contributed by atoms with E-state index < -0.39 is 0 Å². The molecule has 0 spiro atoms. The van der Waals surface area contributed by atoms with E-state index in [2.05, 4.69) is 25.9 Å². The lowest BCUT2D eigenvalue weighted by atomic mass is 10.2. The largest absolute Gasteiger partial charge is 0.378 e. The van der Waals surface area contributed by atoms with Gasteiger partial charge in [0.1, 0.15) is 6.54 Å². The number of nitrogens with one attached hydrogen (secondary N) is 3. The van der Waals surface area contributed by atoms with E-state index in [-0.39, 0.29) is 12.5 Å². The van der Waals surface area contributed by atoms with E-state index in [1.54, 1.807) is 17.1 Å². The first kappa shape index (κ1) is 12.7. The minimum Gasteiger partial charge on any atom is -0.378 e. The molecule has 1 saturated carbocycles. The number of anilines is 1. The van der Waals surface area contributed by atoms with Gasteiger partial charge in [-0.15, -0.1) is 0 Å². The monoisotopic (exact) mass is 274 g/mol. The van der Waals surface area contributed by atoms with Gasteiger partial charge in [-0.25, -0.2) is 0 Å². The standard InChI is InChI=1S/C13H18N6O/c1-9-10(5-15-18-9)4-14-12-6-16-19(7-12)8-13(20)17-11-2-3-11/h5-7,11,14H,2-4,8H2,1H3,(H,15,18)(H,17,20). The molecule has 1 aliphatic rings. The molecule has 3 rings (SSSR count). The maximum Gasteiger partial charge on any atom is 0.241 e. The van der Waals surface area contributed by atoms with Crippen LogP contribution in [0.2, 0.25) is 0 Å². The van der Waals surface area contributed by atoms with Crippen molar-refractivity contribution in [1.29, 1.82) is 0 Å². The van der Waals surface area contributed by atoms with Crippen molar-refractivity contribution in [1.82, 2.24) is 25.3 Å². The second-order valence-corrected chi connectivity index (χ2v) is 5.14. The summed E-state index contributed by atoms with van der Waals surface area (Å²) in [4.78, 5) is 11.7. The number of H-pyrrole nitrogens is 1. The van der Waals surface area contributed by atoms with E-state index in [1.165, 1.54) is 0 Å². The Kier molecular flexibility index (Phi) is 3.41. The number of nitrogens with zero attached hydrogens (tertiary/aromatic N) is 3. The van der Waals surface area contributed by atoms with Crippen LogP contribution in [0.1, 0.15) is 24.1 Å². The third-order valence-corrected chi connectivity index (χ3v) is 3.30. The fourth-order valence-corrected chi connectivity index (χ4v) is 1.94. The van der Waals surface area contributed by atoms with E-state index in [0.717, 1.165) is 29.8 Å². The normalized spacial score (nSPS) is 14.2. The summed E-state index contributed by atoms with van der Waals surface area (Å²) in [6.45, 7) is 2.93. The summed E-state index contributed by atoms with van der Waals surface area (Å²) in [5.74, 6) is 0.0211. The van der Waals surface area contributed by atoms with Gasteiger partial charge in [-0.05, 0) is 19.8 Å². The minimum absolute atomic E-state index is 0.0211. The van der Waals surface area contributed by atoms with E-state index in [1.807, 2.05) is 13.1 Å². The van der Waals surface area contributed by atoms with Gasteiger partial charge < -0.3 is 10.6 Å². The van der Waals surface area contributed by atoms with Crippen LogP contribution in [-0.2, 0) is 17.9 Å². The van der Waals surface area contributed by atoms with Crippen LogP contribution >= 0.6 is 0 Å². The Morgan fingerprint density at radius 2 is 2.35 bits per heavy atom. The molecule has 2 aromatic rings. The average Bonchev–Trinajstić information content (AvgIpc) is 2.95. The predicted molar refractivity (Wildman–Crippen MR) is 74.0 cm³/mol. The summed E-state index contributed by atoms with van der Waals surface area (Å²) in [6.07, 6.45) is 7.56. The van der Waals surface area contributed by atoms with Crippen molar-refractivity contribution in [2.24, 2.45) is 0 Å². The molecule has 0 saturated heterocycles. The maximum atomic E-state index is 11.7. The number of aromatic nitrogens is 4. The molecule has 20 heavy (non-hydrogen) atoms. The molecule has 106 valence electrons. The molecule has 1 aliphatic carbocycles. The van der Waals surface area contributed by atoms with Crippen molar-refractivity contribution in [3.05, 3.63) is 29.8 Å². The van der Waals surface area contributed by atoms with Crippen molar-refractivity contribution < 1.29 is 4.79 Å². The van der Waals surface area contributed by atoms with Crippen LogP contribution in [-0.4, -0.2) is 31.9 Å². The van der Waals surface area contributed by atoms with Gasteiger partial charge in [0, 0.05) is 30.0 Å². The van der Waals surface area contributed by atoms with Crippen LogP contribution in [0.15, 0.2) is 18.6 Å². The summed E-state index contributed by atoms with van der Waals surface area (Å²) >= 11 is 0. The zero-order chi connectivity index (χ0) is 13.9. The minimum atomic E-state index is 0.0211. The van der Waals surface area contributed by atoms with Gasteiger partial charge in [0.15, 0.2) is 0 Å². The van der Waals surface area contributed by atoms with E-state index in [9.17, 15) is 4.79 Å². The van der Waals surface area contributed by atoms with Crippen molar-refractivity contribution in [3.63, 3.8) is 0 Å². The lowest BCUT2D eigenvalue weighted by Gasteiger charge is -2.03. The fraction of sp³-hybridized carbons (Fsp3) is 0.462. The van der Waals surface area contributed by atoms with Gasteiger partial charge in [0.2, 0.25) is 5.91 Å². The summed E-state index contributed by atoms with van der Waals surface area (Å²) in [7, 11) is 0. The maximum absolute atomic E-state index is 11.7. The highest BCUT2D eigenvalue weighted by Gasteiger charge is 2.23. The summed E-state index contributed by atoms with van der Waals surface area (Å²) in [6, 6.07) is 0.389. The molecule has 7 heteroatoms. The molecule has 1 amide bonds. The Bertz CT molecular complexity index is 598. The molecule has 1 fully saturated rings. The highest BCUT2D eigenvalue weighted by molar-refractivity contribution is 5.76. The summed E-state index contributed by atoms with van der Waals surface area (Å²) < 4.78 is 1.64. The molecular formula is C13H18N6O. The molecule has 0 aliphatic heterocycles. The van der Waals surface area contributed by atoms with Crippen molar-refractivity contribution in [3.8, 4) is 0 Å². The number of hydrogen-bond acceptors (Lipinski definition) is 4. The highest BCUT2D eigenvalue weighted by Crippen LogP contribution is 2.18. The molecular weight excluding hydrogens is 256 g/mol. The molecule has 3 N–H and O–H groups in total. The zero-order valence-electron chi connectivity index (χ0n) is 11.4. The van der Waals surface area contributed by atoms with Crippen molar-refractivity contribution >= 4 is 11.6 Å². The van der Waals surface area contributed by atoms with Gasteiger partial charge >= 0.3 is 0 Å². The number of rotatable bonds is 6. The fourth-order valence-electron chi connectivity index (χ4n) is 1.94. The SMILES string of the molecule is Cc1[nH]ncc1CNc1cnn(CC(=O)NC2CC2)c1. The summed E-state index contributed by atoms with van der Waals surface area (Å²) in [5.41, 5.74) is 3.06. The van der Waals surface area contributed by atoms with Gasteiger partial charge in [0.25, 0.3) is 0 Å². The first-order valence-corrected chi connectivity index (χ1v) is 6.75. The molecule has 0 aromatic carbocycles. The molecule has 0 atom stereocenters. The molecule has 0 radical (unpaired) electrons. The van der Waals surface area contributed by atoms with Crippen LogP contribution in [0.3, 0.4) is 0 Å². The van der Waals surface area contributed by atoms with Crippen molar-refractivity contribution in [2.45, 2.75) is 38.9 Å². The van der Waals surface area contributed by atoms with Crippen LogP contribution in [0.5, 0.6) is 0 Å². The Morgan fingerprint density at radius 1 is 1.50 bits per heavy atom. The van der Waals surface area contributed by atoms with E-state index in [4.69, 9.17) is 0 Å². The third-order valence-electron chi connectivity index (χ3n) is 3.30. The number of carbonyl (C=O) groups excluding carboxylic acids is 1. The first-order chi connectivity index (χ1) is 9.70. The van der Waals surface area contributed by atoms with E-state index >= 15 is 0 Å². The van der Waals surface area contributed by atoms with Crippen LogP contribution < -0.4 is 10.6 Å². The number of amides is 1. The average molecular weight is 274 g/mol. The van der Waals surface area contributed by atoms with Gasteiger partial charge in [-0.3, -0.25) is 14.6 Å². The second kappa shape index (κ2) is 5.36. The molecule has 0 bridgehead atoms. The number of carbonyl (C=O) groups is 1. The van der Waals surface area contributed by atoms with E-state index in [0.29, 0.717) is 12.6 Å². The molecule has 2 heterocycles. The second-order valence-electron chi connectivity index (χ2n) is 5.14. The van der Waals surface area contributed by atoms with Crippen LogP contribution in [0, 0.1) is 6.92 Å². The molecule has 2 aromatic heterocycles. The summed E-state index contributed by atoms with van der Waals surface area (Å²) in [5, 5.41) is 17.2. The number of hydrogen-bond donors (Lipinski definition) is 3. The molecule has 7 nitrogen and oxygen atoms in total. The smallest absolute Gasteiger partial charge is 0.241 e. The Labute approximate surface area is 116 Å². The molecule has 0 unspecified atom stereocenters. The Balaban J connectivity index is 1.51. The first-order valence-electron chi connectivity index (χ1n) is 6.75. The third kappa shape index (κ3) is 3.17. The lowest BCUT2D eigenvalue weighted by Crippen LogP contribution is -2.29. The predicted octanol–water partition coefficient (Wildman–Crippen LogP) is 0.805. The topological polar surface area (TPSA) is 87.6 Å². The van der Waals surface area contributed by atoms with Crippen LogP contribution in [0.4, 0.5) is 5.69 Å². The van der Waals surface area contributed by atoms with Gasteiger partial charge in [-0.2, -0.15) is 10.2 Å². The highest BCUT2D eigenvalue weighted by atomic mass is 16.2. The van der Waals surface area contributed by atoms with Crippen LogP contribution in [0.25, 0.3) is 0 Å². The number of aromatic amines is 1. The Morgan fingerprint density at radius 3 is 3.05 bits per heavy atom. The quantitative estimate of drug-likeness (QED) is 0.727. The van der Waals surface area contributed by atoms with Gasteiger partial charge in [0.05, 0.1) is 18.1 Å². The number of aryl methyl sites for hydroxylation is 1. The zero-order valence-corrected chi connectivity index (χ0v) is 11.4.